The van der Waals surface area contributed by atoms with Gasteiger partial charge in [-0.25, -0.2) is 0 Å². The Balaban J connectivity index is 2.01. The first-order valence-corrected chi connectivity index (χ1v) is 8.52. The van der Waals surface area contributed by atoms with E-state index in [9.17, 15) is 0 Å². The van der Waals surface area contributed by atoms with Gasteiger partial charge in [-0.05, 0) is 74.9 Å². The number of benzene rings is 2. The van der Waals surface area contributed by atoms with Crippen LogP contribution < -0.4 is 4.74 Å². The Hall–Kier alpha value is -1.03. The van der Waals surface area contributed by atoms with Gasteiger partial charge in [-0.3, -0.25) is 0 Å². The fourth-order valence-corrected chi connectivity index (χ4v) is 2.75. The first kappa shape index (κ1) is 17.3. The maximum absolute atomic E-state index is 6.00. The summed E-state index contributed by atoms with van der Waals surface area (Å²) in [5.41, 5.74) is 2.36. The SMILES string of the molecule is CN(C)CCCc1cc(Br)ccc1OCc1ccc(Cl)cc1. The van der Waals surface area contributed by atoms with E-state index in [4.69, 9.17) is 16.3 Å². The molecule has 0 radical (unpaired) electrons. The molecule has 2 nitrogen and oxygen atoms in total. The number of ether oxygens (including phenoxy) is 1. The van der Waals surface area contributed by atoms with Crippen molar-refractivity contribution < 1.29 is 4.74 Å². The maximum Gasteiger partial charge on any atom is 0.123 e. The lowest BCUT2D eigenvalue weighted by Gasteiger charge is -2.14. The molecule has 118 valence electrons. The summed E-state index contributed by atoms with van der Waals surface area (Å²) in [6, 6.07) is 14.0. The molecule has 0 N–H and O–H groups in total. The molecule has 4 heteroatoms. The summed E-state index contributed by atoms with van der Waals surface area (Å²) < 4.78 is 7.09. The number of halogens is 2. The zero-order chi connectivity index (χ0) is 15.9. The van der Waals surface area contributed by atoms with Crippen LogP contribution in [0.1, 0.15) is 17.5 Å². The van der Waals surface area contributed by atoms with Crippen LogP contribution in [0, 0.1) is 0 Å². The highest BCUT2D eigenvalue weighted by Crippen LogP contribution is 2.25. The molecule has 2 rings (SSSR count). The third-order valence-electron chi connectivity index (χ3n) is 3.38. The number of nitrogens with zero attached hydrogens (tertiary/aromatic N) is 1. The molecule has 0 bridgehead atoms. The van der Waals surface area contributed by atoms with Crippen LogP contribution in [-0.4, -0.2) is 25.5 Å². The van der Waals surface area contributed by atoms with Gasteiger partial charge in [-0.1, -0.05) is 39.7 Å². The summed E-state index contributed by atoms with van der Waals surface area (Å²) in [5.74, 6) is 0.955. The Morgan fingerprint density at radius 3 is 2.50 bits per heavy atom. The van der Waals surface area contributed by atoms with Crippen LogP contribution in [0.15, 0.2) is 46.9 Å². The van der Waals surface area contributed by atoms with Gasteiger partial charge in [0, 0.05) is 9.50 Å². The number of rotatable bonds is 7. The quantitative estimate of drug-likeness (QED) is 0.654. The normalized spacial score (nSPS) is 11.0. The van der Waals surface area contributed by atoms with E-state index in [1.165, 1.54) is 5.56 Å². The predicted molar refractivity (Wildman–Crippen MR) is 96.8 cm³/mol. The first-order chi connectivity index (χ1) is 10.5. The van der Waals surface area contributed by atoms with Crippen molar-refractivity contribution in [2.45, 2.75) is 19.4 Å². The van der Waals surface area contributed by atoms with Crippen LogP contribution in [0.25, 0.3) is 0 Å². The molecule has 0 fully saturated rings. The summed E-state index contributed by atoms with van der Waals surface area (Å²) in [6.45, 7) is 1.63. The van der Waals surface area contributed by atoms with E-state index in [2.05, 4.69) is 41.0 Å². The average molecular weight is 383 g/mol. The molecule has 0 unspecified atom stereocenters. The van der Waals surface area contributed by atoms with Crippen molar-refractivity contribution >= 4 is 27.5 Å². The third-order valence-corrected chi connectivity index (χ3v) is 4.13. The second kappa shape index (κ2) is 8.56. The van der Waals surface area contributed by atoms with E-state index in [1.54, 1.807) is 0 Å². The largest absolute Gasteiger partial charge is 0.489 e. The van der Waals surface area contributed by atoms with Crippen LogP contribution in [0.2, 0.25) is 5.02 Å². The summed E-state index contributed by atoms with van der Waals surface area (Å²) in [5, 5.41) is 0.747. The lowest BCUT2D eigenvalue weighted by atomic mass is 10.1. The Morgan fingerprint density at radius 2 is 1.82 bits per heavy atom. The average Bonchev–Trinajstić information content (AvgIpc) is 2.48. The molecule has 0 atom stereocenters. The van der Waals surface area contributed by atoms with Crippen LogP contribution in [0.4, 0.5) is 0 Å². The summed E-state index contributed by atoms with van der Waals surface area (Å²) >= 11 is 9.44. The smallest absolute Gasteiger partial charge is 0.123 e. The van der Waals surface area contributed by atoms with Crippen molar-refractivity contribution in [1.29, 1.82) is 0 Å². The molecular formula is C18H21BrClNO. The van der Waals surface area contributed by atoms with Gasteiger partial charge in [0.15, 0.2) is 0 Å². The molecule has 0 saturated carbocycles. The van der Waals surface area contributed by atoms with E-state index >= 15 is 0 Å². The van der Waals surface area contributed by atoms with E-state index < -0.39 is 0 Å². The minimum atomic E-state index is 0.555. The Bertz CT molecular complexity index is 599. The highest BCUT2D eigenvalue weighted by molar-refractivity contribution is 9.10. The molecule has 0 spiro atoms. The fraction of sp³-hybridized carbons (Fsp3) is 0.333. The fourth-order valence-electron chi connectivity index (χ4n) is 2.21. The zero-order valence-electron chi connectivity index (χ0n) is 13.0. The first-order valence-electron chi connectivity index (χ1n) is 7.35. The van der Waals surface area contributed by atoms with Gasteiger partial charge >= 0.3 is 0 Å². The Labute approximate surface area is 146 Å². The maximum atomic E-state index is 6.00. The zero-order valence-corrected chi connectivity index (χ0v) is 15.3. The lowest BCUT2D eigenvalue weighted by molar-refractivity contribution is 0.302. The molecule has 0 aliphatic carbocycles. The number of hydrogen-bond donors (Lipinski definition) is 0. The molecule has 0 aliphatic heterocycles. The standard InChI is InChI=1S/C18H21BrClNO/c1-21(2)11-3-4-15-12-16(19)7-10-18(15)22-13-14-5-8-17(20)9-6-14/h5-10,12H,3-4,11,13H2,1-2H3. The van der Waals surface area contributed by atoms with Gasteiger partial charge < -0.3 is 9.64 Å². The minimum Gasteiger partial charge on any atom is -0.489 e. The van der Waals surface area contributed by atoms with E-state index in [0.29, 0.717) is 6.61 Å². The van der Waals surface area contributed by atoms with Gasteiger partial charge in [0.05, 0.1) is 0 Å². The molecular weight excluding hydrogens is 362 g/mol. The van der Waals surface area contributed by atoms with E-state index in [-0.39, 0.29) is 0 Å². The van der Waals surface area contributed by atoms with E-state index in [0.717, 1.165) is 40.2 Å². The van der Waals surface area contributed by atoms with Gasteiger partial charge in [0.25, 0.3) is 0 Å². The molecule has 0 heterocycles. The van der Waals surface area contributed by atoms with Gasteiger partial charge in [-0.2, -0.15) is 0 Å². The van der Waals surface area contributed by atoms with Crippen LogP contribution in [-0.2, 0) is 13.0 Å². The van der Waals surface area contributed by atoms with Crippen molar-refractivity contribution in [3.63, 3.8) is 0 Å². The van der Waals surface area contributed by atoms with E-state index in [1.807, 2.05) is 36.4 Å². The third kappa shape index (κ3) is 5.64. The Kier molecular flexibility index (Phi) is 6.74. The molecule has 0 aliphatic rings. The van der Waals surface area contributed by atoms with Crippen molar-refractivity contribution in [1.82, 2.24) is 4.90 Å². The highest BCUT2D eigenvalue weighted by Gasteiger charge is 2.06. The van der Waals surface area contributed by atoms with Gasteiger partial charge in [-0.15, -0.1) is 0 Å². The van der Waals surface area contributed by atoms with Crippen molar-refractivity contribution in [3.05, 3.63) is 63.1 Å². The molecule has 0 amide bonds. The molecule has 0 aromatic heterocycles. The Morgan fingerprint density at radius 1 is 1.09 bits per heavy atom. The summed E-state index contributed by atoms with van der Waals surface area (Å²) in [6.07, 6.45) is 2.12. The van der Waals surface area contributed by atoms with Crippen LogP contribution in [0.3, 0.4) is 0 Å². The molecule has 2 aromatic carbocycles. The van der Waals surface area contributed by atoms with Gasteiger partial charge in [0.2, 0.25) is 0 Å². The lowest BCUT2D eigenvalue weighted by Crippen LogP contribution is -2.13. The summed E-state index contributed by atoms with van der Waals surface area (Å²) in [7, 11) is 4.19. The molecule has 22 heavy (non-hydrogen) atoms. The summed E-state index contributed by atoms with van der Waals surface area (Å²) in [4.78, 5) is 2.20. The molecule has 0 saturated heterocycles. The van der Waals surface area contributed by atoms with Crippen molar-refractivity contribution in [2.75, 3.05) is 20.6 Å². The number of hydrogen-bond acceptors (Lipinski definition) is 2. The molecule has 2 aromatic rings. The second-order valence-electron chi connectivity index (χ2n) is 5.57. The monoisotopic (exact) mass is 381 g/mol. The number of aryl methyl sites for hydroxylation is 1. The second-order valence-corrected chi connectivity index (χ2v) is 6.93. The van der Waals surface area contributed by atoms with Crippen molar-refractivity contribution in [2.24, 2.45) is 0 Å². The van der Waals surface area contributed by atoms with Crippen molar-refractivity contribution in [3.8, 4) is 5.75 Å². The highest BCUT2D eigenvalue weighted by atomic mass is 79.9. The van der Waals surface area contributed by atoms with Crippen LogP contribution in [0.5, 0.6) is 5.75 Å². The topological polar surface area (TPSA) is 12.5 Å². The minimum absolute atomic E-state index is 0.555. The predicted octanol–water partition coefficient (Wildman–Crippen LogP) is 5.18. The van der Waals surface area contributed by atoms with Gasteiger partial charge in [0.1, 0.15) is 12.4 Å². The van der Waals surface area contributed by atoms with Crippen LogP contribution >= 0.6 is 27.5 Å².